The number of H-pyrrole nitrogens is 1. The van der Waals surface area contributed by atoms with Gasteiger partial charge in [0.15, 0.2) is 15.0 Å². The second-order valence-electron chi connectivity index (χ2n) is 5.43. The zero-order valence-electron chi connectivity index (χ0n) is 12.1. The van der Waals surface area contributed by atoms with E-state index in [0.29, 0.717) is 11.6 Å². The molecule has 0 bridgehead atoms. The van der Waals surface area contributed by atoms with Crippen LogP contribution < -0.4 is 5.32 Å². The van der Waals surface area contributed by atoms with Crippen LogP contribution in [-0.4, -0.2) is 47.1 Å². The zero-order valence-corrected chi connectivity index (χ0v) is 13.7. The van der Waals surface area contributed by atoms with Crippen LogP contribution in [0.2, 0.25) is 0 Å². The van der Waals surface area contributed by atoms with E-state index in [1.807, 2.05) is 24.3 Å². The van der Waals surface area contributed by atoms with Gasteiger partial charge in [-0.05, 0) is 25.5 Å². The van der Waals surface area contributed by atoms with Crippen LogP contribution in [-0.2, 0) is 14.6 Å². The van der Waals surface area contributed by atoms with E-state index < -0.39 is 9.84 Å². The smallest absolute Gasteiger partial charge is 0.233 e. The average Bonchev–Trinajstić information content (AvgIpc) is 3.00. The number of nitrogens with zero attached hydrogens (tertiary/aromatic N) is 1. The second kappa shape index (κ2) is 5.92. The molecule has 1 amide bonds. The van der Waals surface area contributed by atoms with E-state index in [-0.39, 0.29) is 28.7 Å². The maximum absolute atomic E-state index is 12.2. The van der Waals surface area contributed by atoms with E-state index in [0.717, 1.165) is 11.0 Å². The van der Waals surface area contributed by atoms with Crippen LogP contribution in [0.4, 0.5) is 0 Å². The molecule has 2 aromatic rings. The molecule has 0 aliphatic carbocycles. The Kier molecular flexibility index (Phi) is 4.14. The van der Waals surface area contributed by atoms with Crippen molar-refractivity contribution in [1.82, 2.24) is 15.3 Å². The Morgan fingerprint density at radius 1 is 1.45 bits per heavy atom. The maximum Gasteiger partial charge on any atom is 0.233 e. The summed E-state index contributed by atoms with van der Waals surface area (Å²) in [6.07, 6.45) is 0.496. The van der Waals surface area contributed by atoms with Crippen molar-refractivity contribution < 1.29 is 13.2 Å². The Bertz CT molecular complexity index is 768. The number of aromatic nitrogens is 2. The maximum atomic E-state index is 12.2. The molecule has 2 unspecified atom stereocenters. The average molecular weight is 339 g/mol. The molecule has 3 rings (SSSR count). The van der Waals surface area contributed by atoms with Gasteiger partial charge in [0.1, 0.15) is 0 Å². The lowest BCUT2D eigenvalue weighted by Crippen LogP contribution is -2.39. The highest BCUT2D eigenvalue weighted by molar-refractivity contribution is 8.00. The summed E-state index contributed by atoms with van der Waals surface area (Å²) in [6, 6.07) is 7.40. The fourth-order valence-corrected chi connectivity index (χ4v) is 4.94. The molecule has 1 saturated heterocycles. The third kappa shape index (κ3) is 3.44. The van der Waals surface area contributed by atoms with Gasteiger partial charge in [-0.15, -0.1) is 0 Å². The number of hydrogen-bond donors (Lipinski definition) is 2. The number of para-hydroxylation sites is 2. The standard InChI is InChI=1S/C14H17N3O3S2/c1-9(13(18)15-10-6-7-22(19,20)8-10)21-14-16-11-4-2-3-5-12(11)17-14/h2-5,9-10H,6-8H2,1H3,(H,15,18)(H,16,17). The lowest BCUT2D eigenvalue weighted by atomic mass is 10.2. The first-order chi connectivity index (χ1) is 10.4. The number of carbonyl (C=O) groups is 1. The molecule has 1 fully saturated rings. The summed E-state index contributed by atoms with van der Waals surface area (Å²) >= 11 is 1.33. The first kappa shape index (κ1) is 15.4. The summed E-state index contributed by atoms with van der Waals surface area (Å²) in [4.78, 5) is 19.7. The number of aromatic amines is 1. The molecule has 8 heteroatoms. The lowest BCUT2D eigenvalue weighted by molar-refractivity contribution is -0.120. The summed E-state index contributed by atoms with van der Waals surface area (Å²) in [7, 11) is -2.98. The highest BCUT2D eigenvalue weighted by Gasteiger charge is 2.30. The molecule has 0 saturated carbocycles. The molecule has 0 spiro atoms. The minimum atomic E-state index is -2.98. The van der Waals surface area contributed by atoms with Gasteiger partial charge in [-0.2, -0.15) is 0 Å². The van der Waals surface area contributed by atoms with E-state index in [4.69, 9.17) is 0 Å². The molecule has 22 heavy (non-hydrogen) atoms. The molecule has 2 N–H and O–H groups in total. The molecule has 118 valence electrons. The van der Waals surface area contributed by atoms with Crippen LogP contribution in [0.15, 0.2) is 29.4 Å². The topological polar surface area (TPSA) is 91.9 Å². The van der Waals surface area contributed by atoms with Gasteiger partial charge < -0.3 is 10.3 Å². The van der Waals surface area contributed by atoms with Gasteiger partial charge in [0, 0.05) is 6.04 Å². The van der Waals surface area contributed by atoms with E-state index in [1.165, 1.54) is 11.8 Å². The normalized spacial score (nSPS) is 21.8. The van der Waals surface area contributed by atoms with E-state index in [1.54, 1.807) is 6.92 Å². The fourth-order valence-electron chi connectivity index (χ4n) is 2.43. The Morgan fingerprint density at radius 3 is 2.91 bits per heavy atom. The molecule has 1 aliphatic rings. The minimum absolute atomic E-state index is 0.0424. The van der Waals surface area contributed by atoms with Gasteiger partial charge in [-0.1, -0.05) is 23.9 Å². The van der Waals surface area contributed by atoms with Gasteiger partial charge in [0.05, 0.1) is 27.8 Å². The monoisotopic (exact) mass is 339 g/mol. The number of thioether (sulfide) groups is 1. The molecule has 6 nitrogen and oxygen atoms in total. The van der Waals surface area contributed by atoms with Crippen LogP contribution >= 0.6 is 11.8 Å². The van der Waals surface area contributed by atoms with Crippen molar-refractivity contribution in [3.63, 3.8) is 0 Å². The second-order valence-corrected chi connectivity index (χ2v) is 8.99. The van der Waals surface area contributed by atoms with Crippen molar-refractivity contribution in [3.05, 3.63) is 24.3 Å². The van der Waals surface area contributed by atoms with Crippen LogP contribution in [0.5, 0.6) is 0 Å². The van der Waals surface area contributed by atoms with E-state index in [9.17, 15) is 13.2 Å². The van der Waals surface area contributed by atoms with Crippen LogP contribution in [0.3, 0.4) is 0 Å². The van der Waals surface area contributed by atoms with Crippen LogP contribution in [0.1, 0.15) is 13.3 Å². The number of benzene rings is 1. The number of rotatable bonds is 4. The minimum Gasteiger partial charge on any atom is -0.351 e. The third-order valence-electron chi connectivity index (χ3n) is 3.60. The Hall–Kier alpha value is -1.54. The highest BCUT2D eigenvalue weighted by atomic mass is 32.2. The van der Waals surface area contributed by atoms with Gasteiger partial charge in [-0.25, -0.2) is 13.4 Å². The Labute approximate surface area is 133 Å². The fraction of sp³-hybridized carbons (Fsp3) is 0.429. The van der Waals surface area contributed by atoms with Crippen molar-refractivity contribution in [2.75, 3.05) is 11.5 Å². The number of amides is 1. The molecule has 1 aromatic carbocycles. The molecule has 1 aliphatic heterocycles. The number of carbonyl (C=O) groups excluding carboxylic acids is 1. The Morgan fingerprint density at radius 2 is 2.23 bits per heavy atom. The van der Waals surface area contributed by atoms with Crippen molar-refractivity contribution in [2.24, 2.45) is 0 Å². The van der Waals surface area contributed by atoms with Crippen molar-refractivity contribution in [1.29, 1.82) is 0 Å². The first-order valence-corrected chi connectivity index (χ1v) is 9.75. The predicted molar refractivity (Wildman–Crippen MR) is 86.6 cm³/mol. The molecule has 2 atom stereocenters. The number of nitrogens with one attached hydrogen (secondary N) is 2. The number of sulfone groups is 1. The lowest BCUT2D eigenvalue weighted by Gasteiger charge is -2.14. The summed E-state index contributed by atoms with van der Waals surface area (Å²) in [5.74, 6) is 0.0386. The molecular formula is C14H17N3O3S2. The summed E-state index contributed by atoms with van der Waals surface area (Å²) in [5.41, 5.74) is 1.79. The number of imidazole rings is 1. The van der Waals surface area contributed by atoms with Crippen molar-refractivity contribution in [3.8, 4) is 0 Å². The van der Waals surface area contributed by atoms with Gasteiger partial charge in [0.2, 0.25) is 5.91 Å². The predicted octanol–water partition coefficient (Wildman–Crippen LogP) is 1.35. The quantitative estimate of drug-likeness (QED) is 0.820. The van der Waals surface area contributed by atoms with Crippen molar-refractivity contribution in [2.45, 2.75) is 29.8 Å². The van der Waals surface area contributed by atoms with Crippen LogP contribution in [0, 0.1) is 0 Å². The van der Waals surface area contributed by atoms with Crippen molar-refractivity contribution >= 4 is 38.5 Å². The number of hydrogen-bond acceptors (Lipinski definition) is 5. The van der Waals surface area contributed by atoms with E-state index in [2.05, 4.69) is 15.3 Å². The number of fused-ring (bicyclic) bond motifs is 1. The summed E-state index contributed by atoms with van der Waals surface area (Å²) in [6.45, 7) is 1.79. The summed E-state index contributed by atoms with van der Waals surface area (Å²) < 4.78 is 22.8. The highest BCUT2D eigenvalue weighted by Crippen LogP contribution is 2.23. The molecule has 2 heterocycles. The SMILES string of the molecule is CC(Sc1nc2ccccc2[nH]1)C(=O)NC1CCS(=O)(=O)C1. The first-order valence-electron chi connectivity index (χ1n) is 7.05. The van der Waals surface area contributed by atoms with Crippen LogP contribution in [0.25, 0.3) is 11.0 Å². The third-order valence-corrected chi connectivity index (χ3v) is 6.36. The van der Waals surface area contributed by atoms with Gasteiger partial charge in [0.25, 0.3) is 0 Å². The summed E-state index contributed by atoms with van der Waals surface area (Å²) in [5, 5.41) is 3.15. The van der Waals surface area contributed by atoms with E-state index >= 15 is 0 Å². The molecule has 0 radical (unpaired) electrons. The van der Waals surface area contributed by atoms with Gasteiger partial charge in [-0.3, -0.25) is 4.79 Å². The molecule has 1 aromatic heterocycles. The molecular weight excluding hydrogens is 322 g/mol. The largest absolute Gasteiger partial charge is 0.351 e. The zero-order chi connectivity index (χ0) is 15.7. The van der Waals surface area contributed by atoms with Gasteiger partial charge >= 0.3 is 0 Å². The Balaban J connectivity index is 1.61.